The summed E-state index contributed by atoms with van der Waals surface area (Å²) in [6, 6.07) is 7.40. The molecule has 0 aromatic heterocycles. The molecule has 0 unspecified atom stereocenters. The van der Waals surface area contributed by atoms with Gasteiger partial charge in [-0.25, -0.2) is 0 Å². The van der Waals surface area contributed by atoms with Gasteiger partial charge in [-0.2, -0.15) is 12.4 Å². The van der Waals surface area contributed by atoms with Crippen LogP contribution in [0, 0.1) is 13.8 Å². The van der Waals surface area contributed by atoms with E-state index in [1.807, 2.05) is 67.5 Å². The Morgan fingerprint density at radius 3 is 1.23 bits per heavy atom. The van der Waals surface area contributed by atoms with E-state index in [2.05, 4.69) is 0 Å². The predicted octanol–water partition coefficient (Wildman–Crippen LogP) is 7.16. The molecule has 1 aliphatic rings. The van der Waals surface area contributed by atoms with Crippen LogP contribution in [0.3, 0.4) is 0 Å². The fourth-order valence-electron chi connectivity index (χ4n) is 3.64. The molecule has 2 aromatic rings. The fraction of sp³-hybridized carbons (Fsp3) is 0.517. The van der Waals surface area contributed by atoms with E-state index in [0.29, 0.717) is 11.1 Å². The molecule has 1 aliphatic heterocycles. The zero-order chi connectivity index (χ0) is 26.1. The molecule has 1 fully saturated rings. The van der Waals surface area contributed by atoms with Gasteiger partial charge in [0.25, 0.3) is 0 Å². The molecule has 0 saturated carbocycles. The fourth-order valence-corrected chi connectivity index (χ4v) is 3.64. The third-order valence-corrected chi connectivity index (χ3v) is 5.54. The molecule has 0 atom stereocenters. The van der Waals surface area contributed by atoms with Gasteiger partial charge in [-0.05, 0) is 55.1 Å². The Balaban J connectivity index is 0.000000524. The molecule has 1 heterocycles. The summed E-state index contributed by atoms with van der Waals surface area (Å²) in [4.78, 5) is 0. The average Bonchev–Trinajstić information content (AvgIpc) is 2.77. The van der Waals surface area contributed by atoms with Crippen molar-refractivity contribution < 1.29 is 32.0 Å². The summed E-state index contributed by atoms with van der Waals surface area (Å²) in [6.07, 6.45) is 5.81. The van der Waals surface area contributed by atoms with Gasteiger partial charge in [-0.3, -0.25) is 0 Å². The number of aryl methyl sites for hydroxylation is 2. The van der Waals surface area contributed by atoms with Crippen LogP contribution in [0.5, 0.6) is 11.5 Å². The van der Waals surface area contributed by atoms with Crippen LogP contribution in [0.2, 0.25) is 0 Å². The molecule has 6 heteroatoms. The Morgan fingerprint density at radius 1 is 0.686 bits per heavy atom. The Morgan fingerprint density at radius 2 is 1.03 bits per heavy atom. The minimum absolute atomic E-state index is 0. The van der Waals surface area contributed by atoms with Gasteiger partial charge < -0.3 is 25.8 Å². The Labute approximate surface area is 222 Å². The van der Waals surface area contributed by atoms with Gasteiger partial charge in [-0.1, -0.05) is 76.9 Å². The van der Waals surface area contributed by atoms with Gasteiger partial charge in [0.15, 0.2) is 0 Å². The average molecular weight is 522 g/mol. The first-order valence-corrected chi connectivity index (χ1v) is 11.9. The Bertz CT molecular complexity index is 884. The second-order valence-corrected chi connectivity index (χ2v) is 10.9. The van der Waals surface area contributed by atoms with Crippen LogP contribution in [-0.2, 0) is 32.6 Å². The van der Waals surface area contributed by atoms with Gasteiger partial charge in [0.1, 0.15) is 11.5 Å². The molecule has 2 aromatic carbocycles. The van der Waals surface area contributed by atoms with Gasteiger partial charge in [-0.15, -0.1) is 0 Å². The molecule has 1 saturated heterocycles. The number of rotatable bonds is 2. The third-order valence-electron chi connectivity index (χ3n) is 5.54. The summed E-state index contributed by atoms with van der Waals surface area (Å²) in [5.74, 6) is 0.344. The number of benzene rings is 2. The summed E-state index contributed by atoms with van der Waals surface area (Å²) in [6.45, 7) is 18.1. The number of aromatic hydroxyl groups is 2. The summed E-state index contributed by atoms with van der Waals surface area (Å²) in [5.41, 5.74) is 4.52. The molecule has 193 valence electrons. The van der Waals surface area contributed by atoms with Gasteiger partial charge in [0.2, 0.25) is 0 Å². The molecular formula is C29H42MnN2O3. The van der Waals surface area contributed by atoms with E-state index in [9.17, 15) is 10.2 Å². The van der Waals surface area contributed by atoms with Crippen LogP contribution in [0.25, 0.3) is 10.8 Å². The van der Waals surface area contributed by atoms with E-state index >= 15 is 0 Å². The second kappa shape index (κ2) is 14.4. The minimum atomic E-state index is -0.117. The number of hydrogen-bond acceptors (Lipinski definition) is 3. The van der Waals surface area contributed by atoms with Crippen LogP contribution < -0.4 is 0 Å². The van der Waals surface area contributed by atoms with E-state index < -0.39 is 0 Å². The van der Waals surface area contributed by atoms with Crippen LogP contribution >= 0.6 is 0 Å². The first-order valence-electron chi connectivity index (χ1n) is 11.9. The maximum Gasteiger partial charge on any atom is 2.00 e. The topological polar surface area (TPSA) is 94.3 Å². The molecule has 0 spiro atoms. The van der Waals surface area contributed by atoms with Crippen LogP contribution in [0.1, 0.15) is 94.2 Å². The zero-order valence-electron chi connectivity index (χ0n) is 22.6. The van der Waals surface area contributed by atoms with Crippen LogP contribution in [-0.4, -0.2) is 35.9 Å². The molecule has 35 heavy (non-hydrogen) atoms. The molecule has 3 rings (SSSR count). The molecule has 2 N–H and O–H groups in total. The van der Waals surface area contributed by atoms with Crippen LogP contribution in [0.4, 0.5) is 0 Å². The Kier molecular flexibility index (Phi) is 13.5. The second-order valence-electron chi connectivity index (χ2n) is 10.9. The number of nitrogens with zero attached hydrogens (tertiary/aromatic N) is 2. The normalized spacial score (nSPS) is 13.3. The van der Waals surface area contributed by atoms with E-state index in [1.165, 1.54) is 19.3 Å². The predicted molar refractivity (Wildman–Crippen MR) is 145 cm³/mol. The first kappa shape index (κ1) is 32.9. The molecule has 0 amide bonds. The van der Waals surface area contributed by atoms with Crippen molar-refractivity contribution in [2.75, 3.05) is 13.2 Å². The van der Waals surface area contributed by atoms with Gasteiger partial charge >= 0.3 is 17.1 Å². The quantitative estimate of drug-likeness (QED) is 0.324. The number of phenolic OH excluding ortho intramolecular Hbond substituents is 2. The van der Waals surface area contributed by atoms with Crippen molar-refractivity contribution in [2.24, 2.45) is 0 Å². The van der Waals surface area contributed by atoms with E-state index in [0.717, 1.165) is 47.9 Å². The summed E-state index contributed by atoms with van der Waals surface area (Å²) in [7, 11) is 0. The van der Waals surface area contributed by atoms with Gasteiger partial charge in [0, 0.05) is 24.3 Å². The third kappa shape index (κ3) is 10.6. The molecular weight excluding hydrogens is 479 g/mol. The molecule has 0 bridgehead atoms. The maximum absolute atomic E-state index is 9.86. The number of ether oxygens (including phenoxy) is 1. The monoisotopic (exact) mass is 521 g/mol. The van der Waals surface area contributed by atoms with Crippen LogP contribution in [0.15, 0.2) is 24.3 Å². The van der Waals surface area contributed by atoms with E-state index in [1.54, 1.807) is 12.1 Å². The zero-order valence-corrected chi connectivity index (χ0v) is 23.8. The standard InChI is InChI=1S/2C12H16NO.C5H10O.Mn/c2*1-8-5-9(7-13)11(14)10(6-8)12(2,3)4;1-2-4-6-5-3-1;/h2*5-7,14H,1-4H3;1-5H2;/q2*-1;;+2. The van der Waals surface area contributed by atoms with Crippen molar-refractivity contribution in [3.05, 3.63) is 68.5 Å². The van der Waals surface area contributed by atoms with Crippen molar-refractivity contribution in [1.29, 1.82) is 0 Å². The van der Waals surface area contributed by atoms with Crippen molar-refractivity contribution in [2.45, 2.75) is 85.5 Å². The smallest absolute Gasteiger partial charge is 0.810 e. The van der Waals surface area contributed by atoms with E-state index in [4.69, 9.17) is 15.6 Å². The van der Waals surface area contributed by atoms with Crippen molar-refractivity contribution >= 4 is 12.4 Å². The van der Waals surface area contributed by atoms with Gasteiger partial charge in [0.05, 0.1) is 0 Å². The van der Waals surface area contributed by atoms with E-state index in [-0.39, 0.29) is 39.4 Å². The summed E-state index contributed by atoms with van der Waals surface area (Å²) < 4.78 is 5.07. The minimum Gasteiger partial charge on any atom is -0.810 e. The number of hydrogen-bond donors (Lipinski definition) is 2. The largest absolute Gasteiger partial charge is 2.00 e. The Hall–Kier alpha value is -2.14. The van der Waals surface area contributed by atoms with Crippen molar-refractivity contribution in [3.63, 3.8) is 0 Å². The number of phenols is 2. The summed E-state index contributed by atoms with van der Waals surface area (Å²) in [5, 5.41) is 37.6. The summed E-state index contributed by atoms with van der Waals surface area (Å²) >= 11 is 0. The van der Waals surface area contributed by atoms with Crippen molar-refractivity contribution in [3.8, 4) is 11.5 Å². The first-order chi connectivity index (χ1) is 15.7. The van der Waals surface area contributed by atoms with Crippen molar-refractivity contribution in [1.82, 2.24) is 0 Å². The SMILES string of the molecule is C1CCOCC1.Cc1cc(C=[N-])c(O)c(C(C)(C)C)c1.Cc1cc(C=[N-])c(O)c(C(C)(C)C)c1.[Mn+2]. The molecule has 1 radical (unpaired) electrons. The molecule has 5 nitrogen and oxygen atoms in total. The molecule has 0 aliphatic carbocycles. The maximum atomic E-state index is 9.86.